The van der Waals surface area contributed by atoms with E-state index >= 15 is 0 Å². The first kappa shape index (κ1) is 18.1. The van der Waals surface area contributed by atoms with Gasteiger partial charge in [0.05, 0.1) is 6.61 Å². The number of hydrogen-bond donors (Lipinski definition) is 1. The molecular formula is C20H29NO. The molecule has 0 atom stereocenters. The predicted molar refractivity (Wildman–Crippen MR) is 97.2 cm³/mol. The molecule has 1 aromatic carbocycles. The molecule has 22 heavy (non-hydrogen) atoms. The smallest absolute Gasteiger partial charge is 0.115 e. The van der Waals surface area contributed by atoms with Crippen molar-refractivity contribution in [2.75, 3.05) is 19.0 Å². The van der Waals surface area contributed by atoms with Gasteiger partial charge >= 0.3 is 0 Å². The summed E-state index contributed by atoms with van der Waals surface area (Å²) >= 11 is 0. The van der Waals surface area contributed by atoms with E-state index in [9.17, 15) is 0 Å². The summed E-state index contributed by atoms with van der Waals surface area (Å²) in [6, 6.07) is 8.69. The normalized spacial score (nSPS) is 11.6. The molecule has 1 rings (SSSR count). The van der Waals surface area contributed by atoms with Gasteiger partial charge in [-0.3, -0.25) is 0 Å². The fraction of sp³-hybridized carbons (Fsp3) is 0.400. The van der Waals surface area contributed by atoms with E-state index in [4.69, 9.17) is 4.74 Å². The molecule has 0 saturated heterocycles. The number of nitrogens with one attached hydrogen (secondary N) is 1. The zero-order valence-corrected chi connectivity index (χ0v) is 14.0. The lowest BCUT2D eigenvalue weighted by molar-refractivity contribution is 0.216. The van der Waals surface area contributed by atoms with Gasteiger partial charge in [-0.05, 0) is 56.0 Å². The number of ether oxygens (including phenoxy) is 1. The van der Waals surface area contributed by atoms with Crippen LogP contribution in [0.4, 0.5) is 5.69 Å². The number of anilines is 1. The Bertz CT molecular complexity index is 471. The van der Waals surface area contributed by atoms with Gasteiger partial charge in [-0.25, -0.2) is 0 Å². The van der Waals surface area contributed by atoms with Gasteiger partial charge in [0, 0.05) is 12.7 Å². The molecular weight excluding hydrogens is 270 g/mol. The zero-order chi connectivity index (χ0) is 16.0. The van der Waals surface area contributed by atoms with Crippen LogP contribution >= 0.6 is 0 Å². The molecule has 1 N–H and O–H groups in total. The third kappa shape index (κ3) is 7.72. The van der Waals surface area contributed by atoms with Crippen molar-refractivity contribution in [1.82, 2.24) is 0 Å². The number of benzene rings is 1. The summed E-state index contributed by atoms with van der Waals surface area (Å²) in [5, 5.41) is 3.14. The molecule has 0 aliphatic carbocycles. The third-order valence-corrected chi connectivity index (χ3v) is 3.55. The first-order valence-electron chi connectivity index (χ1n) is 8.15. The van der Waals surface area contributed by atoms with Crippen LogP contribution in [0.3, 0.4) is 0 Å². The molecule has 0 saturated carbocycles. The number of allylic oxidation sites excluding steroid dienone is 4. The molecule has 2 heteroatoms. The highest BCUT2D eigenvalue weighted by atomic mass is 16.5. The fourth-order valence-corrected chi connectivity index (χ4v) is 2.20. The Kier molecular flexibility index (Phi) is 9.60. The van der Waals surface area contributed by atoms with Crippen LogP contribution in [0.15, 0.2) is 60.9 Å². The Labute approximate surface area is 135 Å². The Morgan fingerprint density at radius 2 is 1.86 bits per heavy atom. The maximum Gasteiger partial charge on any atom is 0.115 e. The van der Waals surface area contributed by atoms with E-state index in [1.165, 1.54) is 30.5 Å². The second-order valence-electron chi connectivity index (χ2n) is 5.25. The van der Waals surface area contributed by atoms with Gasteiger partial charge < -0.3 is 10.1 Å². The van der Waals surface area contributed by atoms with Gasteiger partial charge in [-0.2, -0.15) is 0 Å². The Morgan fingerprint density at radius 3 is 2.50 bits per heavy atom. The lowest BCUT2D eigenvalue weighted by atomic mass is 10.1. The molecule has 0 unspecified atom stereocenters. The van der Waals surface area contributed by atoms with Gasteiger partial charge in [0.1, 0.15) is 5.76 Å². The molecule has 120 valence electrons. The van der Waals surface area contributed by atoms with E-state index in [-0.39, 0.29) is 0 Å². The van der Waals surface area contributed by atoms with Crippen LogP contribution in [0.2, 0.25) is 0 Å². The van der Waals surface area contributed by atoms with Crippen molar-refractivity contribution in [2.24, 2.45) is 0 Å². The highest BCUT2D eigenvalue weighted by Gasteiger charge is 1.96. The topological polar surface area (TPSA) is 21.3 Å². The second kappa shape index (κ2) is 11.7. The van der Waals surface area contributed by atoms with Crippen molar-refractivity contribution >= 4 is 5.69 Å². The zero-order valence-electron chi connectivity index (χ0n) is 14.0. The molecule has 0 aliphatic heterocycles. The third-order valence-electron chi connectivity index (χ3n) is 3.55. The van der Waals surface area contributed by atoms with Crippen molar-refractivity contribution in [3.8, 4) is 0 Å². The minimum atomic E-state index is 0.790. The minimum Gasteiger partial charge on any atom is -0.494 e. The summed E-state index contributed by atoms with van der Waals surface area (Å²) in [6.07, 6.45) is 13.6. The molecule has 0 aliphatic rings. The van der Waals surface area contributed by atoms with Crippen LogP contribution in [-0.4, -0.2) is 13.7 Å². The fourth-order valence-electron chi connectivity index (χ4n) is 2.20. The molecule has 0 aromatic heterocycles. The van der Waals surface area contributed by atoms with E-state index < -0.39 is 0 Å². The van der Waals surface area contributed by atoms with Crippen molar-refractivity contribution < 1.29 is 4.74 Å². The molecule has 0 radical (unpaired) electrons. The Balaban J connectivity index is 2.07. The standard InChI is InChI=1S/C20H29NO/c1-4-6-12-20(5-2)22-17-10-8-7-9-11-18-13-15-19(21-3)16-14-18/h4-6,12-16,21H,1,7-11,17H2,2-3H3/b12-6-,20-5+. The minimum absolute atomic E-state index is 0.790. The van der Waals surface area contributed by atoms with Crippen molar-refractivity contribution in [3.05, 3.63) is 66.5 Å². The molecule has 0 fully saturated rings. The molecule has 1 aromatic rings. The summed E-state index contributed by atoms with van der Waals surface area (Å²) < 4.78 is 5.70. The number of rotatable bonds is 11. The van der Waals surface area contributed by atoms with Crippen LogP contribution in [0.1, 0.15) is 38.2 Å². The molecule has 0 spiro atoms. The summed E-state index contributed by atoms with van der Waals surface area (Å²) in [4.78, 5) is 0. The van der Waals surface area contributed by atoms with Crippen LogP contribution < -0.4 is 5.32 Å². The average Bonchev–Trinajstić information content (AvgIpc) is 2.57. The highest BCUT2D eigenvalue weighted by Crippen LogP contribution is 2.12. The molecule has 2 nitrogen and oxygen atoms in total. The average molecular weight is 299 g/mol. The second-order valence-corrected chi connectivity index (χ2v) is 5.25. The van der Waals surface area contributed by atoms with Crippen molar-refractivity contribution in [2.45, 2.75) is 39.0 Å². The number of unbranched alkanes of at least 4 members (excludes halogenated alkanes) is 3. The van der Waals surface area contributed by atoms with E-state index in [0.717, 1.165) is 25.2 Å². The molecule has 0 bridgehead atoms. The summed E-state index contributed by atoms with van der Waals surface area (Å²) in [5.41, 5.74) is 2.59. The summed E-state index contributed by atoms with van der Waals surface area (Å²) in [7, 11) is 1.95. The highest BCUT2D eigenvalue weighted by molar-refractivity contribution is 5.43. The first-order chi connectivity index (χ1) is 10.8. The number of hydrogen-bond acceptors (Lipinski definition) is 2. The monoisotopic (exact) mass is 299 g/mol. The van der Waals surface area contributed by atoms with Gasteiger partial charge in [-0.15, -0.1) is 0 Å². The van der Waals surface area contributed by atoms with Crippen LogP contribution in [0, 0.1) is 0 Å². The van der Waals surface area contributed by atoms with E-state index in [1.54, 1.807) is 6.08 Å². The largest absolute Gasteiger partial charge is 0.494 e. The lowest BCUT2D eigenvalue weighted by Crippen LogP contribution is -1.94. The Morgan fingerprint density at radius 1 is 1.14 bits per heavy atom. The van der Waals surface area contributed by atoms with Gasteiger partial charge in [0.2, 0.25) is 0 Å². The van der Waals surface area contributed by atoms with Crippen molar-refractivity contribution in [3.63, 3.8) is 0 Å². The van der Waals surface area contributed by atoms with E-state index in [1.807, 2.05) is 32.2 Å². The SMILES string of the molecule is C=C/C=C\C(=C/C)OCCCCCCc1ccc(NC)cc1. The quantitative estimate of drug-likeness (QED) is 0.331. The van der Waals surface area contributed by atoms with Crippen LogP contribution in [-0.2, 0) is 11.2 Å². The van der Waals surface area contributed by atoms with E-state index in [0.29, 0.717) is 0 Å². The Hall–Kier alpha value is -1.96. The van der Waals surface area contributed by atoms with Gasteiger partial charge in [0.15, 0.2) is 0 Å². The lowest BCUT2D eigenvalue weighted by Gasteiger charge is -2.07. The maximum absolute atomic E-state index is 5.70. The first-order valence-corrected chi connectivity index (χ1v) is 8.15. The number of aryl methyl sites for hydroxylation is 1. The van der Waals surface area contributed by atoms with Crippen molar-refractivity contribution in [1.29, 1.82) is 0 Å². The van der Waals surface area contributed by atoms with Gasteiger partial charge in [-0.1, -0.05) is 43.7 Å². The van der Waals surface area contributed by atoms with E-state index in [2.05, 4.69) is 36.2 Å². The van der Waals surface area contributed by atoms with Crippen LogP contribution in [0.25, 0.3) is 0 Å². The molecule has 0 amide bonds. The summed E-state index contributed by atoms with van der Waals surface area (Å²) in [6.45, 7) is 6.44. The molecule has 0 heterocycles. The maximum atomic E-state index is 5.70. The predicted octanol–water partition coefficient (Wildman–Crippen LogP) is 5.49. The van der Waals surface area contributed by atoms with Crippen LogP contribution in [0.5, 0.6) is 0 Å². The summed E-state index contributed by atoms with van der Waals surface area (Å²) in [5.74, 6) is 0.921. The van der Waals surface area contributed by atoms with Gasteiger partial charge in [0.25, 0.3) is 0 Å².